The van der Waals surface area contributed by atoms with Crippen LogP contribution in [0.3, 0.4) is 0 Å². The lowest BCUT2D eigenvalue weighted by molar-refractivity contribution is -0.0685. The summed E-state index contributed by atoms with van der Waals surface area (Å²) in [5.41, 5.74) is 1.95. The average Bonchev–Trinajstić information content (AvgIpc) is 2.96. The predicted molar refractivity (Wildman–Crippen MR) is 95.5 cm³/mol. The maximum Gasteiger partial charge on any atom is 0.299 e. The molecule has 3 aromatic carbocycles. The minimum atomic E-state index is -0.949. The summed E-state index contributed by atoms with van der Waals surface area (Å²) in [5, 5.41) is 2.05. The third-order valence-electron chi connectivity index (χ3n) is 4.78. The molecule has 0 N–H and O–H groups in total. The van der Waals surface area contributed by atoms with Gasteiger partial charge in [-0.2, -0.15) is 0 Å². The number of fused-ring (bicyclic) bond motifs is 2. The molecule has 0 radical (unpaired) electrons. The van der Waals surface area contributed by atoms with Gasteiger partial charge in [0.05, 0.1) is 19.8 Å². The van der Waals surface area contributed by atoms with Crippen LogP contribution in [0.2, 0.25) is 0 Å². The van der Waals surface area contributed by atoms with Crippen molar-refractivity contribution in [1.82, 2.24) is 0 Å². The van der Waals surface area contributed by atoms with Crippen LogP contribution in [-0.2, 0) is 5.79 Å². The Morgan fingerprint density at radius 1 is 0.880 bits per heavy atom. The van der Waals surface area contributed by atoms with Crippen LogP contribution in [0.5, 0.6) is 23.0 Å². The Hall–Kier alpha value is -3.14. The number of hydrogen-bond donors (Lipinski definition) is 0. The lowest BCUT2D eigenvalue weighted by Crippen LogP contribution is -2.36. The lowest BCUT2D eigenvalue weighted by Gasteiger charge is -2.31. The molecule has 0 aromatic heterocycles. The molecule has 0 saturated carbocycles. The number of rotatable bonds is 2. The van der Waals surface area contributed by atoms with E-state index in [-0.39, 0.29) is 0 Å². The Kier molecular flexibility index (Phi) is 2.80. The van der Waals surface area contributed by atoms with Crippen LogP contribution in [0.25, 0.3) is 16.8 Å². The van der Waals surface area contributed by atoms with E-state index in [0.29, 0.717) is 0 Å². The molecule has 0 fully saturated rings. The molecule has 0 aliphatic carbocycles. The fourth-order valence-corrected chi connectivity index (χ4v) is 3.59. The van der Waals surface area contributed by atoms with Crippen molar-refractivity contribution < 1.29 is 18.9 Å². The minimum Gasteiger partial charge on any atom is -0.497 e. The van der Waals surface area contributed by atoms with E-state index >= 15 is 0 Å². The monoisotopic (exact) mass is 332 g/mol. The van der Waals surface area contributed by atoms with Gasteiger partial charge >= 0.3 is 0 Å². The van der Waals surface area contributed by atoms with Crippen LogP contribution in [0.1, 0.15) is 11.1 Å². The molecular weight excluding hydrogens is 316 g/mol. The number of ether oxygens (including phenoxy) is 4. The first kappa shape index (κ1) is 14.2. The molecule has 2 heterocycles. The molecule has 0 bridgehead atoms. The molecule has 0 saturated heterocycles. The van der Waals surface area contributed by atoms with E-state index in [4.69, 9.17) is 18.9 Å². The highest BCUT2D eigenvalue weighted by molar-refractivity contribution is 5.98. The van der Waals surface area contributed by atoms with E-state index in [2.05, 4.69) is 0 Å². The molecular formula is C21H16O4. The van der Waals surface area contributed by atoms with Crippen LogP contribution in [-0.4, -0.2) is 14.2 Å². The van der Waals surface area contributed by atoms with Crippen molar-refractivity contribution in [2.24, 2.45) is 0 Å². The Bertz CT molecular complexity index is 1040. The van der Waals surface area contributed by atoms with Crippen molar-refractivity contribution in [3.05, 3.63) is 65.7 Å². The van der Waals surface area contributed by atoms with Crippen molar-refractivity contribution in [1.29, 1.82) is 0 Å². The molecule has 2 aliphatic rings. The zero-order valence-electron chi connectivity index (χ0n) is 13.9. The van der Waals surface area contributed by atoms with Gasteiger partial charge in [0.25, 0.3) is 5.79 Å². The van der Waals surface area contributed by atoms with Gasteiger partial charge in [-0.3, -0.25) is 0 Å². The molecule has 2 aliphatic heterocycles. The molecule has 1 spiro atoms. The quantitative estimate of drug-likeness (QED) is 0.692. The third-order valence-corrected chi connectivity index (χ3v) is 4.78. The van der Waals surface area contributed by atoms with Crippen LogP contribution in [0.15, 0.2) is 54.6 Å². The molecule has 0 amide bonds. The molecule has 4 nitrogen and oxygen atoms in total. The standard InChI is InChI=1S/C21H16O4/c1-22-14-6-8-17-13(12-14)10-11-21(24-17)16-7-9-18(23-2)15-4-3-5-19(25-21)20(15)16/h3-12H,1-2H3/t21-/m0/s1. The number of benzene rings is 3. The van der Waals surface area contributed by atoms with E-state index in [0.717, 1.165) is 44.9 Å². The largest absolute Gasteiger partial charge is 0.497 e. The van der Waals surface area contributed by atoms with E-state index in [1.54, 1.807) is 14.2 Å². The van der Waals surface area contributed by atoms with Crippen LogP contribution < -0.4 is 18.9 Å². The summed E-state index contributed by atoms with van der Waals surface area (Å²) >= 11 is 0. The van der Waals surface area contributed by atoms with Crippen LogP contribution >= 0.6 is 0 Å². The van der Waals surface area contributed by atoms with Gasteiger partial charge in [0, 0.05) is 22.4 Å². The third kappa shape index (κ3) is 1.88. The molecule has 25 heavy (non-hydrogen) atoms. The highest BCUT2D eigenvalue weighted by Crippen LogP contribution is 2.50. The van der Waals surface area contributed by atoms with E-state index in [1.165, 1.54) is 0 Å². The maximum absolute atomic E-state index is 6.32. The van der Waals surface area contributed by atoms with E-state index < -0.39 is 5.79 Å². The fraction of sp³-hybridized carbons (Fsp3) is 0.143. The first-order valence-electron chi connectivity index (χ1n) is 8.09. The highest BCUT2D eigenvalue weighted by atomic mass is 16.7. The number of methoxy groups -OCH3 is 2. The van der Waals surface area contributed by atoms with Crippen molar-refractivity contribution >= 4 is 16.8 Å². The smallest absolute Gasteiger partial charge is 0.299 e. The second kappa shape index (κ2) is 4.93. The summed E-state index contributed by atoms with van der Waals surface area (Å²) in [7, 11) is 3.33. The van der Waals surface area contributed by atoms with Crippen LogP contribution in [0, 0.1) is 0 Å². The SMILES string of the molecule is COc1ccc2c(c1)C=C[C@]1(O2)Oc2cccc3c(OC)ccc1c23. The summed E-state index contributed by atoms with van der Waals surface area (Å²) in [6.07, 6.45) is 3.97. The molecule has 3 aromatic rings. The van der Waals surface area contributed by atoms with E-state index in [9.17, 15) is 0 Å². The predicted octanol–water partition coefficient (Wildman–Crippen LogP) is 4.51. The molecule has 124 valence electrons. The number of hydrogen-bond acceptors (Lipinski definition) is 4. The van der Waals surface area contributed by atoms with Crippen molar-refractivity contribution in [2.75, 3.05) is 14.2 Å². The average molecular weight is 332 g/mol. The second-order valence-electron chi connectivity index (χ2n) is 6.10. The molecule has 1 atom stereocenters. The first-order valence-corrected chi connectivity index (χ1v) is 8.09. The van der Waals surface area contributed by atoms with Crippen molar-refractivity contribution in [3.63, 3.8) is 0 Å². The van der Waals surface area contributed by atoms with Crippen molar-refractivity contribution in [3.8, 4) is 23.0 Å². The summed E-state index contributed by atoms with van der Waals surface area (Å²) < 4.78 is 23.4. The van der Waals surface area contributed by atoms with Gasteiger partial charge in [0.2, 0.25) is 0 Å². The summed E-state index contributed by atoms with van der Waals surface area (Å²) in [5.74, 6) is 2.24. The van der Waals surface area contributed by atoms with Gasteiger partial charge in [0.15, 0.2) is 0 Å². The van der Waals surface area contributed by atoms with Crippen LogP contribution in [0.4, 0.5) is 0 Å². The van der Waals surface area contributed by atoms with Gasteiger partial charge < -0.3 is 18.9 Å². The Labute approximate surface area is 145 Å². The Morgan fingerprint density at radius 2 is 1.76 bits per heavy atom. The van der Waals surface area contributed by atoms with E-state index in [1.807, 2.05) is 60.7 Å². The van der Waals surface area contributed by atoms with Gasteiger partial charge in [-0.15, -0.1) is 0 Å². The second-order valence-corrected chi connectivity index (χ2v) is 6.10. The zero-order valence-corrected chi connectivity index (χ0v) is 13.9. The summed E-state index contributed by atoms with van der Waals surface area (Å²) in [6, 6.07) is 15.7. The van der Waals surface area contributed by atoms with Gasteiger partial charge in [-0.25, -0.2) is 0 Å². The maximum atomic E-state index is 6.32. The van der Waals surface area contributed by atoms with Gasteiger partial charge in [-0.1, -0.05) is 12.1 Å². The fourth-order valence-electron chi connectivity index (χ4n) is 3.59. The molecule has 5 rings (SSSR count). The normalized spacial score (nSPS) is 19.4. The first-order chi connectivity index (χ1) is 12.2. The highest BCUT2D eigenvalue weighted by Gasteiger charge is 2.44. The topological polar surface area (TPSA) is 36.9 Å². The summed E-state index contributed by atoms with van der Waals surface area (Å²) in [6.45, 7) is 0. The van der Waals surface area contributed by atoms with Gasteiger partial charge in [-0.05, 0) is 42.5 Å². The minimum absolute atomic E-state index is 0.764. The van der Waals surface area contributed by atoms with Crippen molar-refractivity contribution in [2.45, 2.75) is 5.79 Å². The molecule has 4 heteroatoms. The lowest BCUT2D eigenvalue weighted by atomic mass is 9.96. The summed E-state index contributed by atoms with van der Waals surface area (Å²) in [4.78, 5) is 0. The molecule has 0 unspecified atom stereocenters. The Morgan fingerprint density at radius 3 is 2.60 bits per heavy atom. The Balaban J connectivity index is 1.69. The van der Waals surface area contributed by atoms with Gasteiger partial charge in [0.1, 0.15) is 23.0 Å². The zero-order chi connectivity index (χ0) is 17.0.